The molecule has 0 aromatic heterocycles. The van der Waals surface area contributed by atoms with Crippen LogP contribution in [0.15, 0.2) is 11.6 Å². The molecule has 0 radical (unpaired) electrons. The Morgan fingerprint density at radius 1 is 1.12 bits per heavy atom. The highest BCUT2D eigenvalue weighted by Crippen LogP contribution is 2.60. The van der Waals surface area contributed by atoms with Crippen LogP contribution in [0.5, 0.6) is 0 Å². The second-order valence-electron chi connectivity index (χ2n) is 7.70. The van der Waals surface area contributed by atoms with Crippen molar-refractivity contribution in [3.05, 3.63) is 11.6 Å². The van der Waals surface area contributed by atoms with Crippen molar-refractivity contribution in [2.75, 3.05) is 6.26 Å². The number of carbonyl (C=O) groups is 1. The number of allylic oxidation sites excluding steroid dienone is 1. The summed E-state index contributed by atoms with van der Waals surface area (Å²) >= 11 is 0. The molecule has 0 spiro atoms. The van der Waals surface area contributed by atoms with Crippen LogP contribution >= 0.6 is 0 Å². The fourth-order valence-corrected chi connectivity index (χ4v) is 6.12. The van der Waals surface area contributed by atoms with Gasteiger partial charge >= 0.3 is 12.1 Å². The lowest BCUT2D eigenvalue weighted by atomic mass is 9.52. The maximum atomic E-state index is 13.0. The number of hydrogen-bond donors (Lipinski definition) is 0. The lowest BCUT2D eigenvalue weighted by molar-refractivity contribution is -0.213. The van der Waals surface area contributed by atoms with E-state index < -0.39 is 39.0 Å². The van der Waals surface area contributed by atoms with E-state index in [2.05, 4.69) is 0 Å². The van der Waals surface area contributed by atoms with Crippen LogP contribution in [0.25, 0.3) is 0 Å². The zero-order valence-electron chi connectivity index (χ0n) is 14.1. The first kappa shape index (κ1) is 18.7. The van der Waals surface area contributed by atoms with Gasteiger partial charge in [0.1, 0.15) is 11.2 Å². The molecule has 4 aliphatic rings. The molecule has 0 aliphatic heterocycles. The third-order valence-electron chi connectivity index (χ3n) is 5.41. The van der Waals surface area contributed by atoms with Crippen LogP contribution in [0.4, 0.5) is 13.2 Å². The summed E-state index contributed by atoms with van der Waals surface area (Å²) in [5.41, 5.74) is -3.38. The normalized spacial score (nSPS) is 38.0. The number of ether oxygens (including phenoxy) is 1. The van der Waals surface area contributed by atoms with Crippen molar-refractivity contribution in [2.45, 2.75) is 62.8 Å². The van der Waals surface area contributed by atoms with Crippen molar-refractivity contribution in [3.8, 4) is 0 Å². The number of hydrogen-bond acceptors (Lipinski definition) is 5. The first-order valence-corrected chi connectivity index (χ1v) is 10.0. The summed E-state index contributed by atoms with van der Waals surface area (Å²) in [7, 11) is -3.72. The van der Waals surface area contributed by atoms with Gasteiger partial charge in [-0.05, 0) is 50.9 Å². The van der Waals surface area contributed by atoms with Crippen LogP contribution in [-0.2, 0) is 23.8 Å². The Morgan fingerprint density at radius 2 is 1.64 bits per heavy atom. The molecule has 142 valence electrons. The van der Waals surface area contributed by atoms with E-state index >= 15 is 0 Å². The summed E-state index contributed by atoms with van der Waals surface area (Å²) < 4.78 is 72.9. The van der Waals surface area contributed by atoms with Gasteiger partial charge in [-0.2, -0.15) is 21.6 Å². The van der Waals surface area contributed by atoms with Gasteiger partial charge in [0.25, 0.3) is 10.1 Å². The average molecular weight is 382 g/mol. The number of esters is 1. The maximum Gasteiger partial charge on any atom is 0.423 e. The van der Waals surface area contributed by atoms with E-state index in [1.165, 1.54) is 0 Å². The topological polar surface area (TPSA) is 69.7 Å². The van der Waals surface area contributed by atoms with Gasteiger partial charge in [-0.3, -0.25) is 4.18 Å². The van der Waals surface area contributed by atoms with E-state index in [9.17, 15) is 26.4 Å². The van der Waals surface area contributed by atoms with Crippen LogP contribution in [-0.4, -0.2) is 38.0 Å². The van der Waals surface area contributed by atoms with Crippen LogP contribution in [0.3, 0.4) is 0 Å². The van der Waals surface area contributed by atoms with Gasteiger partial charge in [0.2, 0.25) is 0 Å². The fourth-order valence-electron chi connectivity index (χ4n) is 5.28. The van der Waals surface area contributed by atoms with Crippen LogP contribution in [0.1, 0.15) is 45.4 Å². The van der Waals surface area contributed by atoms with Gasteiger partial charge < -0.3 is 4.74 Å². The standard InChI is InChI=1S/C16H21F3O5S/c1-3-12(16(17,18)19)13(20)23-14-5-10-4-11(6-14)8-15(7-10,9-14)24-25(2,21)22/h3,10-11H,4-9H2,1-2H3. The second kappa shape index (κ2) is 5.70. The Bertz CT molecular complexity index is 696. The molecule has 4 bridgehead atoms. The number of rotatable bonds is 4. The molecular weight excluding hydrogens is 361 g/mol. The Balaban J connectivity index is 1.86. The molecule has 5 nitrogen and oxygen atoms in total. The molecule has 9 heteroatoms. The molecule has 4 fully saturated rings. The summed E-state index contributed by atoms with van der Waals surface area (Å²) in [4.78, 5) is 12.1. The summed E-state index contributed by atoms with van der Waals surface area (Å²) in [5.74, 6) is -1.21. The molecule has 2 atom stereocenters. The van der Waals surface area contributed by atoms with Crippen molar-refractivity contribution in [1.82, 2.24) is 0 Å². The van der Waals surface area contributed by atoms with Gasteiger partial charge in [0, 0.05) is 6.42 Å². The predicted molar refractivity (Wildman–Crippen MR) is 82.0 cm³/mol. The second-order valence-corrected chi connectivity index (χ2v) is 9.28. The number of carbonyl (C=O) groups excluding carboxylic acids is 1. The quantitative estimate of drug-likeness (QED) is 0.425. The smallest absolute Gasteiger partial charge is 0.423 e. The Kier molecular flexibility index (Phi) is 4.27. The number of halogens is 3. The van der Waals surface area contributed by atoms with Crippen molar-refractivity contribution < 1.29 is 35.3 Å². The summed E-state index contributed by atoms with van der Waals surface area (Å²) in [5, 5.41) is 0. The minimum absolute atomic E-state index is 0.0933. The lowest BCUT2D eigenvalue weighted by Crippen LogP contribution is -2.61. The zero-order valence-corrected chi connectivity index (χ0v) is 14.9. The molecule has 0 N–H and O–H groups in total. The fraction of sp³-hybridized carbons (Fsp3) is 0.812. The molecule has 0 aromatic rings. The lowest BCUT2D eigenvalue weighted by Gasteiger charge is -2.60. The first-order valence-electron chi connectivity index (χ1n) is 8.23. The van der Waals surface area contributed by atoms with Gasteiger partial charge in [-0.1, -0.05) is 6.08 Å². The molecular formula is C16H21F3O5S. The van der Waals surface area contributed by atoms with Gasteiger partial charge in [0.05, 0.1) is 11.9 Å². The Hall–Kier alpha value is -1.09. The molecule has 4 aliphatic carbocycles. The van der Waals surface area contributed by atoms with Crippen LogP contribution < -0.4 is 0 Å². The highest BCUT2D eigenvalue weighted by molar-refractivity contribution is 7.86. The molecule has 0 saturated heterocycles. The third-order valence-corrected chi connectivity index (χ3v) is 6.06. The van der Waals surface area contributed by atoms with Crippen molar-refractivity contribution in [2.24, 2.45) is 11.8 Å². The molecule has 25 heavy (non-hydrogen) atoms. The van der Waals surface area contributed by atoms with Gasteiger partial charge in [-0.25, -0.2) is 4.79 Å². The van der Waals surface area contributed by atoms with Crippen molar-refractivity contribution in [1.29, 1.82) is 0 Å². The summed E-state index contributed by atoms with van der Waals surface area (Å²) in [6.45, 7) is 1.14. The number of alkyl halides is 3. The zero-order chi connectivity index (χ0) is 18.7. The summed E-state index contributed by atoms with van der Waals surface area (Å²) in [6.07, 6.45) is -0.147. The maximum absolute atomic E-state index is 13.0. The van der Waals surface area contributed by atoms with Gasteiger partial charge in [-0.15, -0.1) is 0 Å². The van der Waals surface area contributed by atoms with E-state index in [0.717, 1.165) is 19.6 Å². The van der Waals surface area contributed by atoms with E-state index in [1.54, 1.807) is 0 Å². The Morgan fingerprint density at radius 3 is 2.08 bits per heavy atom. The van der Waals surface area contributed by atoms with Gasteiger partial charge in [0.15, 0.2) is 0 Å². The van der Waals surface area contributed by atoms with E-state index in [1.807, 2.05) is 0 Å². The molecule has 0 amide bonds. The van der Waals surface area contributed by atoms with Crippen molar-refractivity contribution in [3.63, 3.8) is 0 Å². The van der Waals surface area contributed by atoms with E-state index in [-0.39, 0.29) is 18.3 Å². The first-order chi connectivity index (χ1) is 11.4. The minimum Gasteiger partial charge on any atom is -0.455 e. The average Bonchev–Trinajstić information content (AvgIpc) is 2.31. The van der Waals surface area contributed by atoms with Crippen LogP contribution in [0, 0.1) is 11.8 Å². The molecule has 0 heterocycles. The monoisotopic (exact) mass is 382 g/mol. The van der Waals surface area contributed by atoms with E-state index in [0.29, 0.717) is 31.8 Å². The summed E-state index contributed by atoms with van der Waals surface area (Å²) in [6, 6.07) is 0. The molecule has 4 rings (SSSR count). The van der Waals surface area contributed by atoms with Crippen LogP contribution in [0.2, 0.25) is 0 Å². The minimum atomic E-state index is -4.78. The predicted octanol–water partition coefficient (Wildman–Crippen LogP) is 3.11. The van der Waals surface area contributed by atoms with E-state index in [4.69, 9.17) is 8.92 Å². The largest absolute Gasteiger partial charge is 0.455 e. The highest BCUT2D eigenvalue weighted by atomic mass is 32.2. The molecule has 4 saturated carbocycles. The SMILES string of the molecule is CC=C(C(=O)OC12CC3CC(C1)CC(OS(C)(=O)=O)(C3)C2)C(F)(F)F. The van der Waals surface area contributed by atoms with Crippen molar-refractivity contribution >= 4 is 16.1 Å². The Labute approximate surface area is 144 Å². The highest BCUT2D eigenvalue weighted by Gasteiger charge is 2.62. The third kappa shape index (κ3) is 3.72. The molecule has 2 unspecified atom stereocenters. The molecule has 0 aromatic carbocycles.